The molecule has 0 saturated heterocycles. The van der Waals surface area contributed by atoms with Gasteiger partial charge in [-0.25, -0.2) is 0 Å². The van der Waals surface area contributed by atoms with Crippen molar-refractivity contribution in [3.8, 4) is 11.5 Å². The Balaban J connectivity index is 1.63. The minimum Gasteiger partial charge on any atom is -0.493 e. The molecule has 0 radical (unpaired) electrons. The molecule has 1 aromatic heterocycles. The number of hydrogen-bond donors (Lipinski definition) is 1. The Hall–Kier alpha value is -2.76. The topological polar surface area (TPSA) is 71.6 Å². The molecule has 0 spiro atoms. The first-order valence-corrected chi connectivity index (χ1v) is 9.31. The van der Waals surface area contributed by atoms with E-state index >= 15 is 0 Å². The number of carbonyl (C=O) groups is 2. The second-order valence-electron chi connectivity index (χ2n) is 7.21. The van der Waals surface area contributed by atoms with Gasteiger partial charge >= 0.3 is 0 Å². The summed E-state index contributed by atoms with van der Waals surface area (Å²) >= 11 is 0. The fourth-order valence-electron chi connectivity index (χ4n) is 4.20. The largest absolute Gasteiger partial charge is 0.493 e. The number of nitrogens with zero attached hydrogens (tertiary/aromatic N) is 1. The van der Waals surface area contributed by atoms with Gasteiger partial charge in [0.1, 0.15) is 5.69 Å². The number of aromatic amines is 1. The third kappa shape index (κ3) is 2.89. The monoisotopic (exact) mass is 368 g/mol. The number of rotatable bonds is 3. The highest BCUT2D eigenvalue weighted by Crippen LogP contribution is 2.34. The zero-order valence-electron chi connectivity index (χ0n) is 16.0. The Bertz CT molecular complexity index is 929. The number of aryl methyl sites for hydroxylation is 1. The molecule has 6 nitrogen and oxygen atoms in total. The van der Waals surface area contributed by atoms with Crippen LogP contribution in [0.4, 0.5) is 0 Å². The Kier molecular flexibility index (Phi) is 4.42. The maximum absolute atomic E-state index is 13.2. The van der Waals surface area contributed by atoms with E-state index in [1.807, 2.05) is 24.0 Å². The van der Waals surface area contributed by atoms with Gasteiger partial charge in [-0.15, -0.1) is 0 Å². The highest BCUT2D eigenvalue weighted by molar-refractivity contribution is 6.04. The fourth-order valence-corrected chi connectivity index (χ4v) is 4.20. The summed E-state index contributed by atoms with van der Waals surface area (Å²) in [6, 6.07) is 3.94. The lowest BCUT2D eigenvalue weighted by Crippen LogP contribution is -2.36. The molecule has 2 aromatic rings. The molecule has 1 N–H and O–H groups in total. The van der Waals surface area contributed by atoms with Gasteiger partial charge in [0.2, 0.25) is 0 Å². The molecule has 27 heavy (non-hydrogen) atoms. The second-order valence-corrected chi connectivity index (χ2v) is 7.21. The van der Waals surface area contributed by atoms with Gasteiger partial charge in [-0.3, -0.25) is 9.59 Å². The molecule has 0 fully saturated rings. The van der Waals surface area contributed by atoms with Crippen molar-refractivity contribution in [3.63, 3.8) is 0 Å². The van der Waals surface area contributed by atoms with Crippen LogP contribution < -0.4 is 9.47 Å². The van der Waals surface area contributed by atoms with E-state index in [-0.39, 0.29) is 11.7 Å². The van der Waals surface area contributed by atoms with E-state index in [1.54, 1.807) is 14.2 Å². The van der Waals surface area contributed by atoms with Gasteiger partial charge in [-0.05, 0) is 55.0 Å². The first-order chi connectivity index (χ1) is 13.0. The molecular formula is C21H24N2O4. The number of nitrogens with one attached hydrogen (secondary N) is 1. The predicted molar refractivity (Wildman–Crippen MR) is 101 cm³/mol. The number of ketones is 1. The van der Waals surface area contributed by atoms with E-state index in [1.165, 1.54) is 5.56 Å². The van der Waals surface area contributed by atoms with E-state index in [4.69, 9.17) is 9.47 Å². The molecule has 4 rings (SSSR count). The molecule has 0 saturated carbocycles. The number of H-pyrrole nitrogens is 1. The van der Waals surface area contributed by atoms with Crippen molar-refractivity contribution in [3.05, 3.63) is 45.8 Å². The maximum atomic E-state index is 13.2. The van der Waals surface area contributed by atoms with Crippen LogP contribution in [0.25, 0.3) is 0 Å². The van der Waals surface area contributed by atoms with Crippen molar-refractivity contribution in [2.45, 2.75) is 39.2 Å². The highest BCUT2D eigenvalue weighted by atomic mass is 16.5. The smallest absolute Gasteiger partial charge is 0.270 e. The lowest BCUT2D eigenvalue weighted by molar-refractivity contribution is 0.0728. The van der Waals surface area contributed by atoms with Crippen LogP contribution in [-0.4, -0.2) is 42.3 Å². The number of hydrogen-bond acceptors (Lipinski definition) is 4. The van der Waals surface area contributed by atoms with Crippen molar-refractivity contribution in [2.75, 3.05) is 20.8 Å². The van der Waals surface area contributed by atoms with Crippen molar-refractivity contribution in [2.24, 2.45) is 0 Å². The molecule has 1 amide bonds. The van der Waals surface area contributed by atoms with Crippen LogP contribution in [0.15, 0.2) is 12.1 Å². The van der Waals surface area contributed by atoms with E-state index in [0.29, 0.717) is 36.7 Å². The molecule has 0 atom stereocenters. The number of methoxy groups -OCH3 is 2. The summed E-state index contributed by atoms with van der Waals surface area (Å²) in [4.78, 5) is 30.5. The summed E-state index contributed by atoms with van der Waals surface area (Å²) in [7, 11) is 3.24. The van der Waals surface area contributed by atoms with Crippen LogP contribution in [0.1, 0.15) is 56.1 Å². The van der Waals surface area contributed by atoms with E-state index in [2.05, 4.69) is 4.98 Å². The van der Waals surface area contributed by atoms with Crippen molar-refractivity contribution in [1.29, 1.82) is 0 Å². The number of ether oxygens (including phenoxy) is 2. The average molecular weight is 368 g/mol. The number of carbonyl (C=O) groups excluding carboxylic acids is 2. The molecule has 1 aromatic carbocycles. The summed E-state index contributed by atoms with van der Waals surface area (Å²) in [5.74, 6) is 1.48. The van der Waals surface area contributed by atoms with Crippen molar-refractivity contribution < 1.29 is 19.1 Å². The predicted octanol–water partition coefficient (Wildman–Crippen LogP) is 3.06. The normalized spacial score (nSPS) is 16.0. The van der Waals surface area contributed by atoms with Crippen LogP contribution >= 0.6 is 0 Å². The van der Waals surface area contributed by atoms with Crippen LogP contribution in [-0.2, 0) is 19.4 Å². The molecule has 1 aliphatic carbocycles. The first kappa shape index (κ1) is 17.6. The lowest BCUT2D eigenvalue weighted by Gasteiger charge is -2.29. The number of fused-ring (bicyclic) bond motifs is 2. The summed E-state index contributed by atoms with van der Waals surface area (Å²) in [6.07, 6.45) is 3.00. The highest BCUT2D eigenvalue weighted by Gasteiger charge is 2.30. The SMILES string of the molecule is COc1cc2c(cc1OC)CN(C(=O)c1[nH]c3c(c1C)C(=O)CCC3)CC2. The van der Waals surface area contributed by atoms with Gasteiger partial charge in [0.15, 0.2) is 17.3 Å². The minimum atomic E-state index is -0.0462. The molecule has 2 heterocycles. The molecule has 0 bridgehead atoms. The maximum Gasteiger partial charge on any atom is 0.270 e. The Labute approximate surface area is 158 Å². The lowest BCUT2D eigenvalue weighted by atomic mass is 9.93. The number of Topliss-reactive ketones (excluding diaryl/α,β-unsaturated/α-hetero) is 1. The first-order valence-electron chi connectivity index (χ1n) is 9.31. The zero-order valence-corrected chi connectivity index (χ0v) is 16.0. The van der Waals surface area contributed by atoms with Crippen molar-refractivity contribution >= 4 is 11.7 Å². The third-order valence-electron chi connectivity index (χ3n) is 5.66. The quantitative estimate of drug-likeness (QED) is 0.904. The summed E-state index contributed by atoms with van der Waals surface area (Å²) in [5.41, 5.74) is 5.23. The third-order valence-corrected chi connectivity index (χ3v) is 5.66. The van der Waals surface area contributed by atoms with Gasteiger partial charge < -0.3 is 19.4 Å². The summed E-state index contributed by atoms with van der Waals surface area (Å²) in [5, 5.41) is 0. The van der Waals surface area contributed by atoms with Gasteiger partial charge in [0.05, 0.1) is 14.2 Å². The van der Waals surface area contributed by atoms with E-state index in [9.17, 15) is 9.59 Å². The van der Waals surface area contributed by atoms with Crippen LogP contribution in [0.3, 0.4) is 0 Å². The van der Waals surface area contributed by atoms with E-state index < -0.39 is 0 Å². The Morgan fingerprint density at radius 3 is 2.44 bits per heavy atom. The second kappa shape index (κ2) is 6.76. The summed E-state index contributed by atoms with van der Waals surface area (Å²) in [6.45, 7) is 3.03. The van der Waals surface area contributed by atoms with Crippen LogP contribution in [0.2, 0.25) is 0 Å². The average Bonchev–Trinajstić information content (AvgIpc) is 3.03. The Morgan fingerprint density at radius 1 is 1.07 bits per heavy atom. The van der Waals surface area contributed by atoms with Gasteiger partial charge in [-0.2, -0.15) is 0 Å². The standard InChI is InChI=1S/C21H24N2O4/c1-12-19-15(5-4-6-16(19)24)22-20(12)21(25)23-8-7-13-9-17(26-2)18(27-3)10-14(13)11-23/h9-10,22H,4-8,11H2,1-3H3. The molecule has 0 unspecified atom stereocenters. The van der Waals surface area contributed by atoms with Crippen LogP contribution in [0, 0.1) is 6.92 Å². The van der Waals surface area contributed by atoms with Crippen LogP contribution in [0.5, 0.6) is 11.5 Å². The molecular weight excluding hydrogens is 344 g/mol. The molecule has 6 heteroatoms. The number of benzene rings is 1. The summed E-state index contributed by atoms with van der Waals surface area (Å²) < 4.78 is 10.8. The van der Waals surface area contributed by atoms with Crippen molar-refractivity contribution in [1.82, 2.24) is 9.88 Å². The van der Waals surface area contributed by atoms with Gasteiger partial charge in [0.25, 0.3) is 5.91 Å². The zero-order chi connectivity index (χ0) is 19.1. The van der Waals surface area contributed by atoms with Gasteiger partial charge in [0, 0.05) is 30.8 Å². The number of aromatic nitrogens is 1. The Morgan fingerprint density at radius 2 is 1.78 bits per heavy atom. The molecule has 2 aliphatic rings. The fraction of sp³-hybridized carbons (Fsp3) is 0.429. The van der Waals surface area contributed by atoms with Gasteiger partial charge in [-0.1, -0.05) is 0 Å². The van der Waals surface area contributed by atoms with E-state index in [0.717, 1.165) is 41.6 Å². The molecule has 142 valence electrons. The number of amides is 1. The molecule has 1 aliphatic heterocycles. The minimum absolute atomic E-state index is 0.0462.